The van der Waals surface area contributed by atoms with Gasteiger partial charge in [0, 0.05) is 12.6 Å². The molecule has 0 radical (unpaired) electrons. The number of aliphatic hydroxyl groups is 2. The Morgan fingerprint density at radius 2 is 2.07 bits per heavy atom. The Hall–Kier alpha value is -0.120. The lowest BCUT2D eigenvalue weighted by molar-refractivity contribution is 0.0728. The van der Waals surface area contributed by atoms with Crippen LogP contribution in [-0.2, 0) is 0 Å². The molecule has 4 unspecified atom stereocenters. The zero-order valence-corrected chi connectivity index (χ0v) is 8.89. The van der Waals surface area contributed by atoms with Gasteiger partial charge >= 0.3 is 0 Å². The second-order valence-electron chi connectivity index (χ2n) is 4.85. The van der Waals surface area contributed by atoms with Crippen molar-refractivity contribution in [1.29, 1.82) is 0 Å². The Labute approximate surface area is 85.7 Å². The van der Waals surface area contributed by atoms with Crippen LogP contribution in [0.2, 0.25) is 0 Å². The van der Waals surface area contributed by atoms with Crippen molar-refractivity contribution in [3.63, 3.8) is 0 Å². The molecule has 0 bridgehead atoms. The van der Waals surface area contributed by atoms with Crippen LogP contribution in [0.4, 0.5) is 0 Å². The van der Waals surface area contributed by atoms with E-state index in [0.717, 1.165) is 38.8 Å². The lowest BCUT2D eigenvalue weighted by atomic mass is 10.0. The van der Waals surface area contributed by atoms with Crippen molar-refractivity contribution < 1.29 is 10.2 Å². The molecule has 2 fully saturated rings. The summed E-state index contributed by atoms with van der Waals surface area (Å²) in [4.78, 5) is 2.37. The van der Waals surface area contributed by atoms with Crippen LogP contribution in [0.15, 0.2) is 0 Å². The third-order valence-corrected chi connectivity index (χ3v) is 3.85. The number of hydrogen-bond donors (Lipinski definition) is 2. The average Bonchev–Trinajstić information content (AvgIpc) is 2.71. The number of rotatable bonds is 2. The quantitative estimate of drug-likeness (QED) is 0.684. The Morgan fingerprint density at radius 3 is 2.57 bits per heavy atom. The summed E-state index contributed by atoms with van der Waals surface area (Å²) >= 11 is 0. The highest BCUT2D eigenvalue weighted by Crippen LogP contribution is 2.29. The normalized spacial score (nSPS) is 41.8. The van der Waals surface area contributed by atoms with Gasteiger partial charge in [-0.1, -0.05) is 0 Å². The molecule has 82 valence electrons. The molecule has 3 nitrogen and oxygen atoms in total. The van der Waals surface area contributed by atoms with E-state index in [9.17, 15) is 10.2 Å². The Morgan fingerprint density at radius 1 is 1.29 bits per heavy atom. The van der Waals surface area contributed by atoms with Gasteiger partial charge in [-0.15, -0.1) is 0 Å². The molecule has 0 aromatic carbocycles. The second-order valence-corrected chi connectivity index (χ2v) is 4.85. The van der Waals surface area contributed by atoms with Crippen molar-refractivity contribution in [2.24, 2.45) is 5.92 Å². The smallest absolute Gasteiger partial charge is 0.0695 e. The van der Waals surface area contributed by atoms with E-state index in [0.29, 0.717) is 12.0 Å². The largest absolute Gasteiger partial charge is 0.393 e. The lowest BCUT2D eigenvalue weighted by Crippen LogP contribution is -2.39. The van der Waals surface area contributed by atoms with Crippen LogP contribution in [0.25, 0.3) is 0 Å². The molecule has 0 aromatic heterocycles. The number of aliphatic hydroxyl groups excluding tert-OH is 2. The van der Waals surface area contributed by atoms with Crippen LogP contribution in [0.5, 0.6) is 0 Å². The van der Waals surface area contributed by atoms with E-state index in [1.807, 2.05) is 6.92 Å². The molecule has 2 N–H and O–H groups in total. The summed E-state index contributed by atoms with van der Waals surface area (Å²) in [5, 5.41) is 19.3. The first-order valence-electron chi connectivity index (χ1n) is 5.78. The van der Waals surface area contributed by atoms with E-state index in [1.54, 1.807) is 0 Å². The first-order valence-corrected chi connectivity index (χ1v) is 5.78. The fraction of sp³-hybridized carbons (Fsp3) is 1.00. The van der Waals surface area contributed by atoms with Crippen LogP contribution in [0, 0.1) is 5.92 Å². The number of likely N-dealkylation sites (tertiary alicyclic amines) is 1. The van der Waals surface area contributed by atoms with Gasteiger partial charge in [0.05, 0.1) is 12.2 Å². The standard InChI is InChI=1S/C11H21NO2/c1-8(13)9-5-6-12(7-9)10-3-2-4-11(10)14/h8-11,13-14H,2-7H2,1H3. The van der Waals surface area contributed by atoms with Crippen molar-refractivity contribution in [3.05, 3.63) is 0 Å². The number of hydrogen-bond acceptors (Lipinski definition) is 3. The zero-order chi connectivity index (χ0) is 10.1. The van der Waals surface area contributed by atoms with E-state index in [-0.39, 0.29) is 12.2 Å². The maximum absolute atomic E-state index is 9.77. The molecule has 3 heteroatoms. The maximum Gasteiger partial charge on any atom is 0.0695 e. The summed E-state index contributed by atoms with van der Waals surface area (Å²) < 4.78 is 0. The molecule has 1 heterocycles. The molecule has 1 aliphatic carbocycles. The zero-order valence-electron chi connectivity index (χ0n) is 8.89. The van der Waals surface area contributed by atoms with Crippen molar-refractivity contribution >= 4 is 0 Å². The lowest BCUT2D eigenvalue weighted by Gasteiger charge is -2.27. The molecule has 0 amide bonds. The predicted molar refractivity (Wildman–Crippen MR) is 55.0 cm³/mol. The van der Waals surface area contributed by atoms with E-state index in [1.165, 1.54) is 0 Å². The molecule has 1 aliphatic heterocycles. The molecule has 0 spiro atoms. The van der Waals surface area contributed by atoms with Crippen LogP contribution in [0.1, 0.15) is 32.6 Å². The van der Waals surface area contributed by atoms with Gasteiger partial charge in [0.25, 0.3) is 0 Å². The van der Waals surface area contributed by atoms with Crippen LogP contribution in [-0.4, -0.2) is 46.5 Å². The van der Waals surface area contributed by atoms with Crippen LogP contribution >= 0.6 is 0 Å². The van der Waals surface area contributed by atoms with E-state index >= 15 is 0 Å². The molecular formula is C11H21NO2. The molecular weight excluding hydrogens is 178 g/mol. The summed E-state index contributed by atoms with van der Waals surface area (Å²) in [5.74, 6) is 0.419. The maximum atomic E-state index is 9.77. The minimum atomic E-state index is -0.196. The Balaban J connectivity index is 1.88. The molecule has 14 heavy (non-hydrogen) atoms. The monoisotopic (exact) mass is 199 g/mol. The molecule has 2 aliphatic rings. The first kappa shape index (κ1) is 10.4. The summed E-state index contributed by atoms with van der Waals surface area (Å²) in [6.45, 7) is 3.90. The van der Waals surface area contributed by atoms with Gasteiger partial charge in [-0.2, -0.15) is 0 Å². The Kier molecular flexibility index (Phi) is 3.10. The van der Waals surface area contributed by atoms with Gasteiger partial charge in [-0.05, 0) is 45.1 Å². The minimum absolute atomic E-state index is 0.122. The molecule has 2 rings (SSSR count). The fourth-order valence-electron chi connectivity index (χ4n) is 2.86. The first-order chi connectivity index (χ1) is 6.68. The third kappa shape index (κ3) is 1.95. The summed E-state index contributed by atoms with van der Waals surface area (Å²) in [6, 6.07) is 0.374. The average molecular weight is 199 g/mol. The van der Waals surface area contributed by atoms with Gasteiger partial charge in [-0.25, -0.2) is 0 Å². The Bertz CT molecular complexity index is 196. The number of nitrogens with zero attached hydrogens (tertiary/aromatic N) is 1. The van der Waals surface area contributed by atoms with E-state index < -0.39 is 0 Å². The molecule has 0 aromatic rings. The van der Waals surface area contributed by atoms with Gasteiger partial charge in [0.1, 0.15) is 0 Å². The van der Waals surface area contributed by atoms with Crippen molar-refractivity contribution in [3.8, 4) is 0 Å². The van der Waals surface area contributed by atoms with E-state index in [4.69, 9.17) is 0 Å². The topological polar surface area (TPSA) is 43.7 Å². The highest BCUT2D eigenvalue weighted by atomic mass is 16.3. The summed E-state index contributed by atoms with van der Waals surface area (Å²) in [7, 11) is 0. The predicted octanol–water partition coefficient (Wildman–Crippen LogP) is 0.603. The van der Waals surface area contributed by atoms with Crippen LogP contribution in [0.3, 0.4) is 0 Å². The highest BCUT2D eigenvalue weighted by Gasteiger charge is 2.36. The van der Waals surface area contributed by atoms with Gasteiger partial charge in [0.2, 0.25) is 0 Å². The van der Waals surface area contributed by atoms with Gasteiger partial charge in [-0.3, -0.25) is 4.90 Å². The molecule has 1 saturated carbocycles. The third-order valence-electron chi connectivity index (χ3n) is 3.85. The van der Waals surface area contributed by atoms with Gasteiger partial charge < -0.3 is 10.2 Å². The SMILES string of the molecule is CC(O)C1CCN(C2CCCC2O)C1. The summed E-state index contributed by atoms with van der Waals surface area (Å²) in [6.07, 6.45) is 4.01. The highest BCUT2D eigenvalue weighted by molar-refractivity contribution is 4.90. The van der Waals surface area contributed by atoms with Crippen LogP contribution < -0.4 is 0 Å². The van der Waals surface area contributed by atoms with Crippen molar-refractivity contribution in [1.82, 2.24) is 4.90 Å². The van der Waals surface area contributed by atoms with Crippen molar-refractivity contribution in [2.45, 2.75) is 50.9 Å². The minimum Gasteiger partial charge on any atom is -0.393 e. The molecule has 4 atom stereocenters. The molecule has 1 saturated heterocycles. The van der Waals surface area contributed by atoms with E-state index in [2.05, 4.69) is 4.90 Å². The second kappa shape index (κ2) is 4.17. The summed E-state index contributed by atoms with van der Waals surface area (Å²) in [5.41, 5.74) is 0. The van der Waals surface area contributed by atoms with Gasteiger partial charge in [0.15, 0.2) is 0 Å². The van der Waals surface area contributed by atoms with Crippen molar-refractivity contribution in [2.75, 3.05) is 13.1 Å². The fourth-order valence-corrected chi connectivity index (χ4v) is 2.86.